The third-order valence-electron chi connectivity index (χ3n) is 14.1. The molecule has 3 aromatic rings. The van der Waals surface area contributed by atoms with Crippen LogP contribution in [0.15, 0.2) is 79.7 Å². The van der Waals surface area contributed by atoms with Crippen LogP contribution in [-0.2, 0) is 97.3 Å². The van der Waals surface area contributed by atoms with E-state index in [0.29, 0.717) is 0 Å². The minimum Gasteiger partial charge on any atom is -0.870 e. The van der Waals surface area contributed by atoms with Gasteiger partial charge in [0.25, 0.3) is 0 Å². The van der Waals surface area contributed by atoms with Gasteiger partial charge in [0.2, 0.25) is 0 Å². The van der Waals surface area contributed by atoms with Crippen molar-refractivity contribution in [2.45, 2.75) is 278 Å². The Morgan fingerprint density at radius 1 is 0.350 bits per heavy atom. The molecule has 0 saturated carbocycles. The van der Waals surface area contributed by atoms with Gasteiger partial charge in [-0.2, -0.15) is 24.3 Å². The van der Waals surface area contributed by atoms with Crippen molar-refractivity contribution in [1.29, 1.82) is 0 Å². The van der Waals surface area contributed by atoms with Crippen molar-refractivity contribution < 1.29 is 174 Å². The molecule has 0 aliphatic heterocycles. The fraction of sp³-hybridized carbons (Fsp3) is 0.642. The Kier molecular flexibility index (Phi) is 77.1. The van der Waals surface area contributed by atoms with Crippen molar-refractivity contribution in [3.05, 3.63) is 143 Å². The largest absolute Gasteiger partial charge is 1.00 e. The van der Waals surface area contributed by atoms with Crippen LogP contribution < -0.4 is 103 Å². The number of rotatable bonds is 24. The second-order valence-electron chi connectivity index (χ2n) is 24.1. The first kappa shape index (κ1) is 103. The maximum absolute atomic E-state index is 3.78. The summed E-state index contributed by atoms with van der Waals surface area (Å²) in [6, 6.07) is 33.6. The van der Waals surface area contributed by atoms with Gasteiger partial charge >= 0.3 is 103 Å². The van der Waals surface area contributed by atoms with Crippen molar-refractivity contribution in [3.8, 4) is 0 Å². The van der Waals surface area contributed by atoms with Crippen LogP contribution in [0.1, 0.15) is 206 Å². The van der Waals surface area contributed by atoms with E-state index in [1.54, 1.807) is 6.08 Å². The monoisotopic (exact) mass is 1800 g/mol. The molecule has 0 fully saturated rings. The minimum absolute atomic E-state index is 0. The summed E-state index contributed by atoms with van der Waals surface area (Å²) in [5, 5.41) is 0. The van der Waals surface area contributed by atoms with E-state index in [4.69, 9.17) is 0 Å². The van der Waals surface area contributed by atoms with Gasteiger partial charge in [-0.3, -0.25) is 24.3 Å². The van der Waals surface area contributed by atoms with Gasteiger partial charge in [0.05, 0.1) is 80.2 Å². The van der Waals surface area contributed by atoms with Crippen LogP contribution in [0, 0.1) is 30.3 Å². The predicted octanol–water partition coefficient (Wildman–Crippen LogP) is 15.2. The molecule has 0 heterocycles. The van der Waals surface area contributed by atoms with Gasteiger partial charge in [-0.1, -0.05) is 19.7 Å². The van der Waals surface area contributed by atoms with E-state index in [1.165, 1.54) is 70.4 Å². The molecule has 0 amide bonds. The molecule has 2 nitrogen and oxygen atoms in total. The van der Waals surface area contributed by atoms with E-state index in [-0.39, 0.29) is 222 Å². The number of benzene rings is 3. The summed E-state index contributed by atoms with van der Waals surface area (Å²) in [5.74, 6) is 0. The summed E-state index contributed by atoms with van der Waals surface area (Å²) in [5.41, 5.74) is 23.3. The van der Waals surface area contributed by atoms with Crippen molar-refractivity contribution in [2.75, 3.05) is 0 Å². The van der Waals surface area contributed by atoms with Crippen LogP contribution in [0.4, 0.5) is 0 Å². The van der Waals surface area contributed by atoms with Crippen LogP contribution in [0.5, 0.6) is 0 Å². The van der Waals surface area contributed by atoms with E-state index < -0.39 is 0 Å². The quantitative estimate of drug-likeness (QED) is 0.0388. The fourth-order valence-corrected chi connectivity index (χ4v) is 26.7. The van der Waals surface area contributed by atoms with Crippen molar-refractivity contribution in [2.24, 2.45) is 0 Å². The first-order chi connectivity index (χ1) is 34.0. The summed E-state index contributed by atoms with van der Waals surface area (Å²) in [6.45, 7) is 68.9. The minimum atomic E-state index is -0.351. The number of hydrogen-bond donors (Lipinski definition) is 0. The predicted molar refractivity (Wildman–Crippen MR) is 365 cm³/mol. The van der Waals surface area contributed by atoms with E-state index in [2.05, 4.69) is 270 Å². The molecular weight excluding hydrogens is 1680 g/mol. The van der Waals surface area contributed by atoms with E-state index in [0.717, 1.165) is 67.9 Å². The molecular formula is C67H121Ir3K2O2P6+. The smallest absolute Gasteiger partial charge is 0.870 e. The molecule has 0 unspecified atom stereocenters. The first-order valence-electron chi connectivity index (χ1n) is 28.5. The molecule has 459 valence electrons. The number of allylic oxidation sites excluding steroid dienone is 1. The van der Waals surface area contributed by atoms with Crippen molar-refractivity contribution in [1.82, 2.24) is 0 Å². The molecule has 80 heavy (non-hydrogen) atoms. The maximum atomic E-state index is 3.78. The third-order valence-corrected chi connectivity index (χ3v) is 36.6. The molecule has 0 atom stereocenters. The summed E-state index contributed by atoms with van der Waals surface area (Å²) in [4.78, 5) is 0. The zero-order chi connectivity index (χ0) is 56.7. The zero-order valence-corrected chi connectivity index (χ0v) is 75.7. The third kappa shape index (κ3) is 47.4. The Bertz CT molecular complexity index is 1610. The summed E-state index contributed by atoms with van der Waals surface area (Å²) in [6.07, 6.45) is 9.30. The van der Waals surface area contributed by atoms with Gasteiger partial charge < -0.3 is 35.2 Å². The molecule has 0 saturated heterocycles. The normalized spacial score (nSPS) is 10.7. The molecule has 3 rings (SSSR count). The Balaban J connectivity index is -0.000000122. The second-order valence-corrected chi connectivity index (χ2v) is 46.9. The van der Waals surface area contributed by atoms with E-state index in [1.807, 2.05) is 6.92 Å². The summed E-state index contributed by atoms with van der Waals surface area (Å²) >= 11 is 0. The molecule has 0 spiro atoms. The fourth-order valence-electron chi connectivity index (χ4n) is 9.97. The van der Waals surface area contributed by atoms with Gasteiger partial charge in [-0.15, -0.1) is 22.6 Å². The van der Waals surface area contributed by atoms with Gasteiger partial charge in [-0.25, -0.2) is 22.3 Å². The average Bonchev–Trinajstić information content (AvgIpc) is 3.29. The molecule has 3 radical (unpaired) electrons. The molecule has 2 N–H and O–H groups in total. The van der Waals surface area contributed by atoms with Crippen LogP contribution in [0.3, 0.4) is 0 Å². The standard InChI is InChI=1S/C20H35P2.2C20H34P2.C4H6.C3H4.3Ir.2K.2H2O/c3*1-15(2)21(16(3)4)13-19-10-9-11-20(12-19)14-22(17(5)6)18(7)8;1-3-4-2;1-3-2;;;;;;;/h9-11,15-18H,13-14H2,1-8H3;2*10-11,15-18H,13-14H2,1-8H3;4H,1H2,2H3;1-2H2;;;;;;2*1H2/q-1;2*-2;;;;;;2*+1;;/p+4. The van der Waals surface area contributed by atoms with Crippen LogP contribution in [-0.4, -0.2) is 78.9 Å². The molecule has 0 aliphatic carbocycles. The summed E-state index contributed by atoms with van der Waals surface area (Å²) < 4.78 is 0. The van der Waals surface area contributed by atoms with Crippen molar-refractivity contribution in [3.63, 3.8) is 0 Å². The van der Waals surface area contributed by atoms with E-state index >= 15 is 0 Å². The zero-order valence-electron chi connectivity index (χ0n) is 56.3. The molecule has 3 aromatic carbocycles. The van der Waals surface area contributed by atoms with Gasteiger partial charge in [0.1, 0.15) is 0 Å². The molecule has 13 heteroatoms. The van der Waals surface area contributed by atoms with Gasteiger partial charge in [0, 0.05) is 101 Å². The second kappa shape index (κ2) is 59.7. The SMILES string of the molecule is C=C=C.C=C=CC.CC(C)[PH+](Cc1[c-]c(C[PH+](C(C)C)C(C)C)c[c-]c1)C(C)C.CC(C)[PH+](Cc1[c-]c(C[PH+](C(C)C)C(C)C)c[c-]c1)C(C)C.CC(C)[PH+](Cc1[c-]c(C[PH+](C(C)C)C(C)C)ccc1)C(C)C.[Ir].[Ir].[Ir].[K+].[K+].[OH-].[OH-]. The topological polar surface area (TPSA) is 60.0 Å². The Morgan fingerprint density at radius 2 is 0.487 bits per heavy atom. The Hall–Kier alpha value is 4.42. The average molecular weight is 1800 g/mol. The molecule has 0 aliphatic rings. The van der Waals surface area contributed by atoms with Crippen LogP contribution in [0.25, 0.3) is 0 Å². The van der Waals surface area contributed by atoms with Gasteiger partial charge in [0.15, 0.2) is 0 Å². The van der Waals surface area contributed by atoms with Gasteiger partial charge in [-0.05, 0) is 211 Å². The maximum Gasteiger partial charge on any atom is 1.00 e. The van der Waals surface area contributed by atoms with Crippen LogP contribution in [0.2, 0.25) is 0 Å². The number of hydrogen-bond acceptors (Lipinski definition) is 2. The molecule has 0 bridgehead atoms. The van der Waals surface area contributed by atoms with Crippen LogP contribution >= 0.6 is 47.5 Å². The molecule has 0 aromatic heterocycles. The Morgan fingerprint density at radius 3 is 0.625 bits per heavy atom. The Labute approximate surface area is 633 Å². The van der Waals surface area contributed by atoms with Crippen molar-refractivity contribution >= 4 is 47.5 Å². The first-order valence-corrected chi connectivity index (χ1v) is 39.7. The van der Waals surface area contributed by atoms with E-state index in [9.17, 15) is 0 Å². The summed E-state index contributed by atoms with van der Waals surface area (Å²) in [7, 11) is -2.06.